The van der Waals surface area contributed by atoms with Crippen molar-refractivity contribution in [3.05, 3.63) is 41.8 Å². The molecule has 7 nitrogen and oxygen atoms in total. The molecule has 1 fully saturated rings. The maximum Gasteiger partial charge on any atom is 0.372 e. The van der Waals surface area contributed by atoms with Gasteiger partial charge in [-0.15, -0.1) is 0 Å². The highest BCUT2D eigenvalue weighted by Gasteiger charge is 2.42. The van der Waals surface area contributed by atoms with Crippen LogP contribution >= 0.6 is 0 Å². The lowest BCUT2D eigenvalue weighted by Crippen LogP contribution is -2.48. The Balaban J connectivity index is 1.80. The van der Waals surface area contributed by atoms with Gasteiger partial charge in [0.25, 0.3) is 0 Å². The van der Waals surface area contributed by atoms with Gasteiger partial charge in [-0.05, 0) is 55.5 Å². The highest BCUT2D eigenvalue weighted by atomic mass is 16.6. The number of nitrogens with zero attached hydrogens (tertiary/aromatic N) is 1. The first-order chi connectivity index (χ1) is 14.5. The van der Waals surface area contributed by atoms with Gasteiger partial charge < -0.3 is 24.1 Å². The van der Waals surface area contributed by atoms with Crippen molar-refractivity contribution < 1.29 is 23.8 Å². The largest absolute Gasteiger partial charge is 0.497 e. The molecule has 30 heavy (non-hydrogen) atoms. The predicted molar refractivity (Wildman–Crippen MR) is 114 cm³/mol. The Morgan fingerprint density at radius 1 is 1.27 bits per heavy atom. The zero-order valence-corrected chi connectivity index (χ0v) is 18.1. The second-order valence-electron chi connectivity index (χ2n) is 7.59. The summed E-state index contributed by atoms with van der Waals surface area (Å²) in [6.45, 7) is 3.29. The van der Waals surface area contributed by atoms with Crippen LogP contribution in [0.2, 0.25) is 0 Å². The van der Waals surface area contributed by atoms with Crippen LogP contribution in [0.3, 0.4) is 0 Å². The van der Waals surface area contributed by atoms with E-state index in [9.17, 15) is 9.59 Å². The summed E-state index contributed by atoms with van der Waals surface area (Å²) in [6.07, 6.45) is 6.53. The van der Waals surface area contributed by atoms with E-state index in [0.29, 0.717) is 25.9 Å². The zero-order chi connectivity index (χ0) is 21.7. The molecule has 3 rings (SSSR count). The Hall–Kier alpha value is -2.96. The first-order valence-electron chi connectivity index (χ1n) is 10.3. The molecule has 2 aromatic rings. The van der Waals surface area contributed by atoms with Crippen LogP contribution in [0.1, 0.15) is 31.7 Å². The number of fused-ring (bicyclic) bond motifs is 1. The van der Waals surface area contributed by atoms with Crippen LogP contribution < -0.4 is 4.74 Å². The molecule has 1 aromatic heterocycles. The Bertz CT molecular complexity index is 948. The number of methoxy groups -OCH3 is 3. The third kappa shape index (κ3) is 4.15. The fourth-order valence-electron chi connectivity index (χ4n) is 4.19. The molecular formula is C23H30N2O5. The number of carbonyl (C=O) groups excluding carboxylic acids is 2. The van der Waals surface area contributed by atoms with E-state index in [2.05, 4.69) is 4.98 Å². The standard InChI is InChI=1S/C23H30N2O5/c1-5-23(14-20(29-3)21(26)30-4)10-6-11-25(22(23)27)12-9-16-15-24-19-8-7-17(28-2)13-18(16)19/h7-8,13-15,24H,5-6,9-12H2,1-4H3/t23-/m0/s1. The highest BCUT2D eigenvalue weighted by Crippen LogP contribution is 2.37. The minimum absolute atomic E-state index is 0.0344. The van der Waals surface area contributed by atoms with Gasteiger partial charge in [0.05, 0.1) is 26.7 Å². The molecule has 2 heterocycles. The summed E-state index contributed by atoms with van der Waals surface area (Å²) in [5, 5.41) is 1.10. The van der Waals surface area contributed by atoms with E-state index >= 15 is 0 Å². The van der Waals surface area contributed by atoms with Crippen LogP contribution in [0, 0.1) is 5.41 Å². The topological polar surface area (TPSA) is 80.9 Å². The van der Waals surface area contributed by atoms with Crippen molar-refractivity contribution in [1.29, 1.82) is 0 Å². The van der Waals surface area contributed by atoms with Crippen LogP contribution in [-0.2, 0) is 25.5 Å². The number of esters is 1. The van der Waals surface area contributed by atoms with Gasteiger partial charge in [0, 0.05) is 30.2 Å². The monoisotopic (exact) mass is 414 g/mol. The molecule has 1 aromatic carbocycles. The van der Waals surface area contributed by atoms with E-state index in [1.54, 1.807) is 13.2 Å². The smallest absolute Gasteiger partial charge is 0.372 e. The van der Waals surface area contributed by atoms with Crippen molar-refractivity contribution in [2.75, 3.05) is 34.4 Å². The normalized spacial score (nSPS) is 19.8. The minimum atomic E-state index is -0.749. The molecular weight excluding hydrogens is 384 g/mol. The number of hydrogen-bond donors (Lipinski definition) is 1. The van der Waals surface area contributed by atoms with Gasteiger partial charge in [0.15, 0.2) is 0 Å². The third-order valence-electron chi connectivity index (χ3n) is 6.03. The number of likely N-dealkylation sites (tertiary alicyclic amines) is 1. The summed E-state index contributed by atoms with van der Waals surface area (Å²) >= 11 is 0. The number of hydrogen-bond acceptors (Lipinski definition) is 5. The number of rotatable bonds is 8. The molecule has 1 amide bonds. The molecule has 7 heteroatoms. The molecule has 0 saturated carbocycles. The zero-order valence-electron chi connectivity index (χ0n) is 18.1. The molecule has 0 bridgehead atoms. The molecule has 1 atom stereocenters. The lowest BCUT2D eigenvalue weighted by atomic mass is 9.76. The first-order valence-corrected chi connectivity index (χ1v) is 10.3. The number of aromatic nitrogens is 1. The summed E-state index contributed by atoms with van der Waals surface area (Å²) in [4.78, 5) is 30.6. The van der Waals surface area contributed by atoms with E-state index in [0.717, 1.165) is 35.1 Å². The van der Waals surface area contributed by atoms with Crippen LogP contribution in [0.4, 0.5) is 0 Å². The number of amides is 1. The SMILES string of the molecule is CC[C@@]1(C=C(OC)C(=O)OC)CCCN(CCc2c[nH]c3ccc(OC)cc23)C1=O. The number of H-pyrrole nitrogens is 1. The molecule has 1 N–H and O–H groups in total. The van der Waals surface area contributed by atoms with Gasteiger partial charge in [-0.3, -0.25) is 4.79 Å². The van der Waals surface area contributed by atoms with Gasteiger partial charge in [-0.2, -0.15) is 0 Å². The van der Waals surface area contributed by atoms with E-state index in [1.807, 2.05) is 36.2 Å². The quantitative estimate of drug-likeness (QED) is 0.407. The van der Waals surface area contributed by atoms with Crippen LogP contribution in [0.15, 0.2) is 36.2 Å². The molecule has 1 aliphatic heterocycles. The van der Waals surface area contributed by atoms with Crippen molar-refractivity contribution in [2.24, 2.45) is 5.41 Å². The fraction of sp³-hybridized carbons (Fsp3) is 0.478. The van der Waals surface area contributed by atoms with Gasteiger partial charge >= 0.3 is 5.97 Å². The van der Waals surface area contributed by atoms with Crippen LogP contribution in [0.5, 0.6) is 5.75 Å². The van der Waals surface area contributed by atoms with E-state index < -0.39 is 11.4 Å². The van der Waals surface area contributed by atoms with Gasteiger partial charge in [0.1, 0.15) is 5.75 Å². The second-order valence-corrected chi connectivity index (χ2v) is 7.59. The summed E-state index contributed by atoms with van der Waals surface area (Å²) in [5.74, 6) is 0.357. The minimum Gasteiger partial charge on any atom is -0.497 e. The average Bonchev–Trinajstić information content (AvgIpc) is 3.19. The Morgan fingerprint density at radius 2 is 2.07 bits per heavy atom. The van der Waals surface area contributed by atoms with E-state index in [4.69, 9.17) is 14.2 Å². The van der Waals surface area contributed by atoms with Crippen LogP contribution in [0.25, 0.3) is 10.9 Å². The van der Waals surface area contributed by atoms with Gasteiger partial charge in [-0.1, -0.05) is 6.92 Å². The van der Waals surface area contributed by atoms with E-state index in [1.165, 1.54) is 14.2 Å². The second kappa shape index (κ2) is 9.24. The molecule has 162 valence electrons. The van der Waals surface area contributed by atoms with Crippen molar-refractivity contribution >= 4 is 22.8 Å². The molecule has 0 unspecified atom stereocenters. The van der Waals surface area contributed by atoms with Gasteiger partial charge in [-0.25, -0.2) is 4.79 Å². The predicted octanol–water partition coefficient (Wildman–Crippen LogP) is 3.44. The number of nitrogens with one attached hydrogen (secondary N) is 1. The fourth-order valence-corrected chi connectivity index (χ4v) is 4.19. The lowest BCUT2D eigenvalue weighted by Gasteiger charge is -2.39. The number of carbonyl (C=O) groups is 2. The summed E-state index contributed by atoms with van der Waals surface area (Å²) in [7, 11) is 4.38. The van der Waals surface area contributed by atoms with Crippen molar-refractivity contribution in [1.82, 2.24) is 9.88 Å². The molecule has 0 aliphatic carbocycles. The number of aromatic amines is 1. The molecule has 1 aliphatic rings. The molecule has 1 saturated heterocycles. The number of piperidine rings is 1. The molecule has 0 spiro atoms. The average molecular weight is 415 g/mol. The summed E-state index contributed by atoms with van der Waals surface area (Å²) in [6, 6.07) is 5.93. The van der Waals surface area contributed by atoms with Gasteiger partial charge in [0.2, 0.25) is 11.7 Å². The first kappa shape index (κ1) is 21.7. The number of ether oxygens (including phenoxy) is 3. The Kier molecular flexibility index (Phi) is 6.70. The highest BCUT2D eigenvalue weighted by molar-refractivity contribution is 5.91. The van der Waals surface area contributed by atoms with Crippen molar-refractivity contribution in [2.45, 2.75) is 32.6 Å². The van der Waals surface area contributed by atoms with Crippen LogP contribution in [-0.4, -0.2) is 56.2 Å². The van der Waals surface area contributed by atoms with E-state index in [-0.39, 0.29) is 11.7 Å². The van der Waals surface area contributed by atoms with Crippen molar-refractivity contribution in [3.8, 4) is 5.75 Å². The maximum absolute atomic E-state index is 13.4. The molecule has 0 radical (unpaired) electrons. The Morgan fingerprint density at radius 3 is 2.73 bits per heavy atom. The Labute approximate surface area is 177 Å². The lowest BCUT2D eigenvalue weighted by molar-refractivity contribution is -0.143. The van der Waals surface area contributed by atoms with Crippen molar-refractivity contribution in [3.63, 3.8) is 0 Å². The summed E-state index contributed by atoms with van der Waals surface area (Å²) in [5.41, 5.74) is 1.44. The third-order valence-corrected chi connectivity index (χ3v) is 6.03. The summed E-state index contributed by atoms with van der Waals surface area (Å²) < 4.78 is 15.3. The number of benzene rings is 1. The maximum atomic E-state index is 13.4.